The number of aromatic hydroxyl groups is 1. The molecule has 0 fully saturated rings. The Balaban J connectivity index is 2.02. The minimum absolute atomic E-state index is 0.00160. The van der Waals surface area contributed by atoms with Gasteiger partial charge in [0.25, 0.3) is 5.91 Å². The molecule has 13 heteroatoms. The number of furan rings is 1. The summed E-state index contributed by atoms with van der Waals surface area (Å²) in [6.07, 6.45) is -4.87. The molecule has 0 bridgehead atoms. The molecule has 2 aromatic heterocycles. The Bertz CT molecular complexity index is 1220. The fourth-order valence-electron chi connectivity index (χ4n) is 3.40. The van der Waals surface area contributed by atoms with Crippen molar-refractivity contribution in [2.24, 2.45) is 5.92 Å². The monoisotopic (exact) mass is 513 g/mol. The van der Waals surface area contributed by atoms with Crippen LogP contribution >= 0.6 is 11.1 Å². The van der Waals surface area contributed by atoms with Gasteiger partial charge in [-0.2, -0.15) is 13.2 Å². The van der Waals surface area contributed by atoms with Crippen molar-refractivity contribution < 1.29 is 32.0 Å². The normalized spacial score (nSPS) is 13.2. The Kier molecular flexibility index (Phi) is 7.31. The van der Waals surface area contributed by atoms with Gasteiger partial charge >= 0.3 is 6.18 Å². The third kappa shape index (κ3) is 5.51. The number of amides is 1. The van der Waals surface area contributed by atoms with Crippen LogP contribution < -0.4 is 10.6 Å². The molecule has 1 amide bonds. The van der Waals surface area contributed by atoms with Gasteiger partial charge in [-0.15, -0.1) is 0 Å². The molecule has 190 valence electrons. The predicted octanol–water partition coefficient (Wildman–Crippen LogP) is 5.39. The molecule has 0 radical (unpaired) electrons. The average Bonchev–Trinajstić information content (AvgIpc) is 3.26. The summed E-state index contributed by atoms with van der Waals surface area (Å²) in [7, 11) is 2.54. The standard InChI is InChI=1S/C22H26F3N5O4S/c1-10(2)17(15-9-11(3)12(4)34-15)27-20-19(28-35(33)29-20)26-14-8-7-13(22(23,24)25)16(18(14)31)21(32)30(5)6/h7-10,17,31H,1-6H3,(H,26,28)(H,27,29)/t17-,35?/m1/s1. The summed E-state index contributed by atoms with van der Waals surface area (Å²) in [6, 6.07) is 3.12. The summed E-state index contributed by atoms with van der Waals surface area (Å²) >= 11 is -2.00. The van der Waals surface area contributed by atoms with Gasteiger partial charge < -0.3 is 29.6 Å². The molecule has 0 spiro atoms. The smallest absolute Gasteiger partial charge is 0.417 e. The number of alkyl halides is 3. The summed E-state index contributed by atoms with van der Waals surface area (Å²) in [6.45, 7) is 7.59. The molecular formula is C22H26F3N5O4S. The molecule has 0 saturated heterocycles. The highest BCUT2D eigenvalue weighted by molar-refractivity contribution is 7.14. The highest BCUT2D eigenvalue weighted by atomic mass is 32.2. The fourth-order valence-corrected chi connectivity index (χ4v) is 4.03. The zero-order chi connectivity index (χ0) is 26.2. The molecule has 0 aliphatic rings. The number of nitrogens with one attached hydrogen (secondary N) is 2. The van der Waals surface area contributed by atoms with Crippen LogP contribution in [0.15, 0.2) is 22.6 Å². The molecule has 3 N–H and O–H groups in total. The van der Waals surface area contributed by atoms with Gasteiger partial charge in [-0.3, -0.25) is 4.79 Å². The molecule has 2 atom stereocenters. The zero-order valence-corrected chi connectivity index (χ0v) is 20.8. The first-order valence-corrected chi connectivity index (χ1v) is 11.6. The van der Waals surface area contributed by atoms with E-state index in [9.17, 15) is 27.6 Å². The van der Waals surface area contributed by atoms with E-state index in [1.165, 1.54) is 14.1 Å². The summed E-state index contributed by atoms with van der Waals surface area (Å²) in [5.74, 6) is -0.612. The van der Waals surface area contributed by atoms with Gasteiger partial charge in [0, 0.05) is 22.8 Å². The number of aromatic nitrogens is 2. The molecule has 0 aliphatic heterocycles. The van der Waals surface area contributed by atoms with Crippen molar-refractivity contribution in [2.45, 2.75) is 39.9 Å². The Labute approximate surface area is 203 Å². The van der Waals surface area contributed by atoms with Crippen molar-refractivity contribution >= 4 is 34.4 Å². The number of aryl methyl sites for hydroxylation is 2. The van der Waals surface area contributed by atoms with E-state index in [0.29, 0.717) is 11.8 Å². The van der Waals surface area contributed by atoms with Gasteiger partial charge in [-0.05, 0) is 43.5 Å². The van der Waals surface area contributed by atoms with Crippen molar-refractivity contribution in [1.29, 1.82) is 0 Å². The maximum Gasteiger partial charge on any atom is 0.417 e. The predicted molar refractivity (Wildman–Crippen MR) is 124 cm³/mol. The second kappa shape index (κ2) is 9.74. The number of phenolic OH excluding ortho intramolecular Hbond substituents is 1. The molecule has 35 heavy (non-hydrogen) atoms. The quantitative estimate of drug-likeness (QED) is 0.283. The van der Waals surface area contributed by atoms with E-state index < -0.39 is 46.1 Å². The second-order valence-corrected chi connectivity index (χ2v) is 9.40. The molecule has 2 heterocycles. The fraction of sp³-hybridized carbons (Fsp3) is 0.409. The van der Waals surface area contributed by atoms with E-state index in [2.05, 4.69) is 19.4 Å². The van der Waals surface area contributed by atoms with Crippen molar-refractivity contribution in [3.8, 4) is 5.75 Å². The number of carbonyl (C=O) groups excluding carboxylic acids is 1. The zero-order valence-electron chi connectivity index (χ0n) is 19.9. The largest absolute Gasteiger partial charge is 0.546 e. The van der Waals surface area contributed by atoms with E-state index in [1.807, 2.05) is 33.8 Å². The number of benzene rings is 1. The van der Waals surface area contributed by atoms with E-state index in [-0.39, 0.29) is 23.2 Å². The van der Waals surface area contributed by atoms with Crippen LogP contribution in [0.4, 0.5) is 30.5 Å². The first-order valence-electron chi connectivity index (χ1n) is 10.6. The highest BCUT2D eigenvalue weighted by Gasteiger charge is 2.38. The number of nitrogens with zero attached hydrogens (tertiary/aromatic N) is 3. The van der Waals surface area contributed by atoms with E-state index >= 15 is 0 Å². The van der Waals surface area contributed by atoms with Crippen molar-refractivity contribution in [3.05, 3.63) is 46.4 Å². The number of halogens is 3. The topological polar surface area (TPSA) is 127 Å². The van der Waals surface area contributed by atoms with Crippen LogP contribution in [-0.4, -0.2) is 43.3 Å². The van der Waals surface area contributed by atoms with Crippen LogP contribution in [0.25, 0.3) is 0 Å². The summed E-state index contributed by atoms with van der Waals surface area (Å²) < 4.78 is 66.3. The summed E-state index contributed by atoms with van der Waals surface area (Å²) in [4.78, 5) is 13.4. The van der Waals surface area contributed by atoms with Gasteiger partial charge in [0.15, 0.2) is 16.9 Å². The number of hydrogen-bond donors (Lipinski definition) is 3. The second-order valence-electron chi connectivity index (χ2n) is 8.57. The molecule has 1 aromatic carbocycles. The lowest BCUT2D eigenvalue weighted by molar-refractivity contribution is -0.138. The Morgan fingerprint density at radius 1 is 1.20 bits per heavy atom. The van der Waals surface area contributed by atoms with Crippen molar-refractivity contribution in [2.75, 3.05) is 24.7 Å². The maximum atomic E-state index is 13.5. The van der Waals surface area contributed by atoms with Gasteiger partial charge in [0.2, 0.25) is 11.6 Å². The number of phenols is 1. The first kappa shape index (κ1) is 26.3. The molecular weight excluding hydrogens is 487 g/mol. The first-order chi connectivity index (χ1) is 16.2. The molecule has 0 saturated carbocycles. The Morgan fingerprint density at radius 3 is 2.34 bits per heavy atom. The minimum atomic E-state index is -4.87. The van der Waals surface area contributed by atoms with E-state index in [1.54, 1.807) is 0 Å². The number of hydrogen-bond acceptors (Lipinski definition) is 8. The van der Waals surface area contributed by atoms with Gasteiger partial charge in [-0.25, -0.2) is 0 Å². The molecule has 0 aliphatic carbocycles. The van der Waals surface area contributed by atoms with Crippen molar-refractivity contribution in [3.63, 3.8) is 0 Å². The third-order valence-electron chi connectivity index (χ3n) is 5.37. The lowest BCUT2D eigenvalue weighted by atomic mass is 10.0. The van der Waals surface area contributed by atoms with Crippen LogP contribution in [0.3, 0.4) is 0 Å². The number of carbonyl (C=O) groups is 1. The number of anilines is 3. The van der Waals surface area contributed by atoms with Crippen LogP contribution in [-0.2, 0) is 6.18 Å². The van der Waals surface area contributed by atoms with Crippen LogP contribution in [0.5, 0.6) is 5.75 Å². The van der Waals surface area contributed by atoms with Crippen LogP contribution in [0.1, 0.15) is 52.9 Å². The van der Waals surface area contributed by atoms with Crippen LogP contribution in [0.2, 0.25) is 0 Å². The lowest BCUT2D eigenvalue weighted by Gasteiger charge is -2.21. The van der Waals surface area contributed by atoms with E-state index in [0.717, 1.165) is 22.3 Å². The van der Waals surface area contributed by atoms with E-state index in [4.69, 9.17) is 4.42 Å². The molecule has 3 aromatic rings. The van der Waals surface area contributed by atoms with Crippen molar-refractivity contribution in [1.82, 2.24) is 13.6 Å². The molecule has 3 rings (SSSR count). The Hall–Kier alpha value is -3.32. The summed E-state index contributed by atoms with van der Waals surface area (Å²) in [5.41, 5.74) is -1.49. The van der Waals surface area contributed by atoms with Gasteiger partial charge in [0.05, 0.1) is 22.9 Å². The van der Waals surface area contributed by atoms with Crippen LogP contribution in [0, 0.1) is 19.8 Å². The highest BCUT2D eigenvalue weighted by Crippen LogP contribution is 2.42. The minimum Gasteiger partial charge on any atom is -0.546 e. The van der Waals surface area contributed by atoms with Gasteiger partial charge in [0.1, 0.15) is 11.5 Å². The molecule has 1 unspecified atom stereocenters. The molecule has 9 nitrogen and oxygen atoms in total. The maximum absolute atomic E-state index is 13.5. The summed E-state index contributed by atoms with van der Waals surface area (Å²) in [5, 5.41) is 16.4. The average molecular weight is 514 g/mol. The Morgan fingerprint density at radius 2 is 1.83 bits per heavy atom. The lowest BCUT2D eigenvalue weighted by Crippen LogP contribution is -2.25. The SMILES string of the molecule is Cc1cc([C@H](Nc2n[s+]([O-])nc2Nc2ccc(C(F)(F)F)c(C(=O)N(C)C)c2O)C(C)C)oc1C. The van der Waals surface area contributed by atoms with Gasteiger partial charge in [-0.1, -0.05) is 13.8 Å². The number of rotatable bonds is 7. The third-order valence-corrected chi connectivity index (χ3v) is 6.05.